The second-order valence-corrected chi connectivity index (χ2v) is 7.78. The molecule has 5 heteroatoms. The summed E-state index contributed by atoms with van der Waals surface area (Å²) < 4.78 is 0. The highest BCUT2D eigenvalue weighted by atomic mass is 35.5. The molecule has 0 saturated carbocycles. The van der Waals surface area contributed by atoms with Crippen molar-refractivity contribution in [3.63, 3.8) is 0 Å². The van der Waals surface area contributed by atoms with Gasteiger partial charge in [0, 0.05) is 58.8 Å². The summed E-state index contributed by atoms with van der Waals surface area (Å²) in [7, 11) is 0. The number of nitrogens with zero attached hydrogens (tertiary/aromatic N) is 1. The Morgan fingerprint density at radius 2 is 2.12 bits per heavy atom. The van der Waals surface area contributed by atoms with Crippen molar-refractivity contribution < 1.29 is 4.79 Å². The number of aryl methyl sites for hydroxylation is 1. The van der Waals surface area contributed by atoms with E-state index in [1.54, 1.807) is 0 Å². The number of aromatic amines is 1. The predicted molar refractivity (Wildman–Crippen MR) is 105 cm³/mol. The number of benzene rings is 2. The lowest BCUT2D eigenvalue weighted by atomic mass is 10.0. The third kappa shape index (κ3) is 2.48. The standard InChI is InChI=1S/C21H20ClN3O/c1-12-2-4-18-15(8-12)16-11-25(7-6-19(16)24-18)21(26)20-10-13-9-14(22)3-5-17(13)23-20/h2-5,8-9,20,23-24H,6-7,10-11H2,1H3. The monoisotopic (exact) mass is 365 g/mol. The molecule has 0 fully saturated rings. The molecule has 0 saturated heterocycles. The molecule has 2 aliphatic rings. The van der Waals surface area contributed by atoms with Crippen molar-refractivity contribution in [3.05, 3.63) is 63.8 Å². The van der Waals surface area contributed by atoms with Crippen LogP contribution in [0.3, 0.4) is 0 Å². The number of carbonyl (C=O) groups is 1. The average molecular weight is 366 g/mol. The maximum absolute atomic E-state index is 13.1. The predicted octanol–water partition coefficient (Wildman–Crippen LogP) is 4.05. The largest absolute Gasteiger partial charge is 0.373 e. The molecular weight excluding hydrogens is 346 g/mol. The summed E-state index contributed by atoms with van der Waals surface area (Å²) in [5.41, 5.74) is 7.08. The number of H-pyrrole nitrogens is 1. The van der Waals surface area contributed by atoms with E-state index in [4.69, 9.17) is 11.6 Å². The number of nitrogens with one attached hydrogen (secondary N) is 2. The third-order valence-electron chi connectivity index (χ3n) is 5.56. The van der Waals surface area contributed by atoms with Crippen molar-refractivity contribution in [1.82, 2.24) is 9.88 Å². The molecule has 26 heavy (non-hydrogen) atoms. The molecule has 1 unspecified atom stereocenters. The highest BCUT2D eigenvalue weighted by Gasteiger charge is 2.32. The van der Waals surface area contributed by atoms with Gasteiger partial charge in [0.25, 0.3) is 0 Å². The third-order valence-corrected chi connectivity index (χ3v) is 5.80. The first-order valence-electron chi connectivity index (χ1n) is 9.02. The molecule has 2 aliphatic heterocycles. The zero-order valence-electron chi connectivity index (χ0n) is 14.6. The number of aromatic nitrogens is 1. The van der Waals surface area contributed by atoms with E-state index in [0.29, 0.717) is 13.0 Å². The Morgan fingerprint density at radius 3 is 3.00 bits per heavy atom. The normalized spacial score (nSPS) is 18.5. The van der Waals surface area contributed by atoms with Crippen molar-refractivity contribution in [2.45, 2.75) is 32.4 Å². The van der Waals surface area contributed by atoms with Crippen LogP contribution in [0.4, 0.5) is 5.69 Å². The van der Waals surface area contributed by atoms with Crippen molar-refractivity contribution in [3.8, 4) is 0 Å². The van der Waals surface area contributed by atoms with Gasteiger partial charge in [-0.05, 0) is 42.8 Å². The lowest BCUT2D eigenvalue weighted by Crippen LogP contribution is -2.44. The summed E-state index contributed by atoms with van der Waals surface area (Å²) in [6.45, 7) is 3.54. The van der Waals surface area contributed by atoms with Crippen molar-refractivity contribution >= 4 is 34.1 Å². The van der Waals surface area contributed by atoms with Crippen molar-refractivity contribution in [1.29, 1.82) is 0 Å². The molecule has 0 radical (unpaired) electrons. The van der Waals surface area contributed by atoms with E-state index in [1.165, 1.54) is 22.2 Å². The summed E-state index contributed by atoms with van der Waals surface area (Å²) in [5.74, 6) is 0.171. The number of hydrogen-bond donors (Lipinski definition) is 2. The van der Waals surface area contributed by atoms with Crippen LogP contribution in [0.5, 0.6) is 0 Å². The van der Waals surface area contributed by atoms with Gasteiger partial charge in [0.1, 0.15) is 6.04 Å². The van der Waals surface area contributed by atoms with Crippen LogP contribution in [0.1, 0.15) is 22.4 Å². The molecule has 1 atom stereocenters. The summed E-state index contributed by atoms with van der Waals surface area (Å²) in [6, 6.07) is 12.0. The van der Waals surface area contributed by atoms with Crippen molar-refractivity contribution in [2.75, 3.05) is 11.9 Å². The molecule has 1 amide bonds. The first-order chi connectivity index (χ1) is 12.6. The van der Waals surface area contributed by atoms with E-state index >= 15 is 0 Å². The maximum Gasteiger partial charge on any atom is 0.245 e. The van der Waals surface area contributed by atoms with Gasteiger partial charge in [0.2, 0.25) is 5.91 Å². The Kier molecular flexibility index (Phi) is 3.50. The van der Waals surface area contributed by atoms with Crippen LogP contribution >= 0.6 is 11.6 Å². The number of hydrogen-bond acceptors (Lipinski definition) is 2. The Morgan fingerprint density at radius 1 is 1.23 bits per heavy atom. The highest BCUT2D eigenvalue weighted by molar-refractivity contribution is 6.30. The van der Waals surface area contributed by atoms with E-state index in [-0.39, 0.29) is 11.9 Å². The second kappa shape index (κ2) is 5.78. The van der Waals surface area contributed by atoms with Gasteiger partial charge in [-0.15, -0.1) is 0 Å². The average Bonchev–Trinajstić information content (AvgIpc) is 3.21. The number of rotatable bonds is 1. The molecule has 1 aromatic heterocycles. The van der Waals surface area contributed by atoms with E-state index in [2.05, 4.69) is 35.4 Å². The molecule has 3 aromatic rings. The summed E-state index contributed by atoms with van der Waals surface area (Å²) in [6.07, 6.45) is 1.57. The van der Waals surface area contributed by atoms with Gasteiger partial charge in [0.05, 0.1) is 0 Å². The number of anilines is 1. The molecule has 5 rings (SSSR count). The first kappa shape index (κ1) is 15.8. The Bertz CT molecular complexity index is 1040. The van der Waals surface area contributed by atoms with Crippen LogP contribution in [0.15, 0.2) is 36.4 Å². The molecule has 2 N–H and O–H groups in total. The van der Waals surface area contributed by atoms with Crippen LogP contribution in [-0.2, 0) is 24.2 Å². The zero-order valence-corrected chi connectivity index (χ0v) is 15.4. The number of amides is 1. The minimum Gasteiger partial charge on any atom is -0.373 e. The molecular formula is C21H20ClN3O. The molecule has 2 aromatic carbocycles. The molecule has 4 nitrogen and oxygen atoms in total. The fourth-order valence-corrected chi connectivity index (χ4v) is 4.41. The smallest absolute Gasteiger partial charge is 0.245 e. The quantitative estimate of drug-likeness (QED) is 0.683. The van der Waals surface area contributed by atoms with Crippen LogP contribution in [-0.4, -0.2) is 28.4 Å². The number of fused-ring (bicyclic) bond motifs is 4. The molecule has 0 aliphatic carbocycles. The van der Waals surface area contributed by atoms with Gasteiger partial charge >= 0.3 is 0 Å². The van der Waals surface area contributed by atoms with Crippen LogP contribution in [0.25, 0.3) is 10.9 Å². The van der Waals surface area contributed by atoms with Crippen LogP contribution in [0, 0.1) is 6.92 Å². The molecule has 132 valence electrons. The minimum atomic E-state index is -0.197. The minimum absolute atomic E-state index is 0.171. The Hall–Kier alpha value is -2.46. The van der Waals surface area contributed by atoms with Gasteiger partial charge in [-0.3, -0.25) is 4.79 Å². The Balaban J connectivity index is 1.40. The van der Waals surface area contributed by atoms with E-state index in [9.17, 15) is 4.79 Å². The van der Waals surface area contributed by atoms with E-state index in [0.717, 1.165) is 34.8 Å². The zero-order chi connectivity index (χ0) is 17.8. The first-order valence-corrected chi connectivity index (χ1v) is 9.40. The van der Waals surface area contributed by atoms with Gasteiger partial charge in [0.15, 0.2) is 0 Å². The van der Waals surface area contributed by atoms with E-state index in [1.807, 2.05) is 23.1 Å². The second-order valence-electron chi connectivity index (χ2n) is 7.34. The fourth-order valence-electron chi connectivity index (χ4n) is 4.22. The van der Waals surface area contributed by atoms with Gasteiger partial charge in [-0.1, -0.05) is 23.2 Å². The summed E-state index contributed by atoms with van der Waals surface area (Å²) in [5, 5.41) is 5.33. The lowest BCUT2D eigenvalue weighted by Gasteiger charge is -2.29. The van der Waals surface area contributed by atoms with Gasteiger partial charge < -0.3 is 15.2 Å². The highest BCUT2D eigenvalue weighted by Crippen LogP contribution is 2.32. The van der Waals surface area contributed by atoms with E-state index < -0.39 is 0 Å². The number of halogens is 1. The lowest BCUT2D eigenvalue weighted by molar-refractivity contribution is -0.132. The van der Waals surface area contributed by atoms with Crippen LogP contribution in [0.2, 0.25) is 5.02 Å². The summed E-state index contributed by atoms with van der Waals surface area (Å²) in [4.78, 5) is 18.6. The van der Waals surface area contributed by atoms with Gasteiger partial charge in [-0.2, -0.15) is 0 Å². The SMILES string of the molecule is Cc1ccc2[nH]c3c(c2c1)CN(C(=O)C1Cc2cc(Cl)ccc2N1)CC3. The van der Waals surface area contributed by atoms with Gasteiger partial charge in [-0.25, -0.2) is 0 Å². The van der Waals surface area contributed by atoms with Crippen LogP contribution < -0.4 is 5.32 Å². The molecule has 0 spiro atoms. The summed E-state index contributed by atoms with van der Waals surface area (Å²) >= 11 is 6.08. The van der Waals surface area contributed by atoms with Crippen molar-refractivity contribution in [2.24, 2.45) is 0 Å². The number of carbonyl (C=O) groups excluding carboxylic acids is 1. The topological polar surface area (TPSA) is 48.1 Å². The molecule has 3 heterocycles. The maximum atomic E-state index is 13.1. The Labute approximate surface area is 157 Å². The molecule has 0 bridgehead atoms. The fraction of sp³-hybridized carbons (Fsp3) is 0.286.